The van der Waals surface area contributed by atoms with Crippen molar-refractivity contribution in [2.45, 2.75) is 6.92 Å². The van der Waals surface area contributed by atoms with Gasteiger partial charge in [0.1, 0.15) is 5.82 Å². The molecule has 0 saturated carbocycles. The van der Waals surface area contributed by atoms with Crippen LogP contribution in [0.2, 0.25) is 0 Å². The van der Waals surface area contributed by atoms with E-state index >= 15 is 0 Å². The second-order valence-electron chi connectivity index (χ2n) is 7.83. The monoisotopic (exact) mass is 671 g/mol. The smallest absolute Gasteiger partial charge is 0.748 e. The van der Waals surface area contributed by atoms with Crippen molar-refractivity contribution in [3.63, 3.8) is 0 Å². The average Bonchev–Trinajstić information content (AvgIpc) is 2.92. The zero-order valence-corrected chi connectivity index (χ0v) is 29.7. The maximum atomic E-state index is 11.0. The Morgan fingerprint density at radius 3 is 2.23 bits per heavy atom. The molecule has 3 aromatic rings. The third kappa shape index (κ3) is 16.5. The minimum Gasteiger partial charge on any atom is -0.748 e. The van der Waals surface area contributed by atoms with E-state index in [1.54, 1.807) is 31.2 Å². The fraction of sp³-hybridized carbons (Fsp3) is 0.381. The van der Waals surface area contributed by atoms with Gasteiger partial charge in [-0.15, -0.1) is 0 Å². The van der Waals surface area contributed by atoms with Crippen LogP contribution in [0.1, 0.15) is 5.82 Å². The van der Waals surface area contributed by atoms with Crippen molar-refractivity contribution < 1.29 is 96.6 Å². The van der Waals surface area contributed by atoms with E-state index in [0.29, 0.717) is 23.7 Å². The molecule has 0 saturated heterocycles. The molecule has 2 heterocycles. The summed E-state index contributed by atoms with van der Waals surface area (Å²) < 4.78 is 42.2. The van der Waals surface area contributed by atoms with Gasteiger partial charge in [0.2, 0.25) is 23.8 Å². The van der Waals surface area contributed by atoms with Crippen molar-refractivity contribution >= 4 is 69.5 Å². The number of nitrogens with zero attached hydrogens (tertiary/aromatic N) is 7. The quantitative estimate of drug-likeness (QED) is 0.0151. The SMILES string of the molecule is Cc1nc(/N=C\CSOO[O-])nc(Nc2cccc(Nc3nc(NCCOCCO)nc(NCCS(=O)(=O)[O-])n3)c2)n1.[Na+].[Na+]. The number of aromatic nitrogens is 6. The number of aliphatic hydroxyl groups is 1. The number of aryl methyl sites for hydroxylation is 1. The van der Waals surface area contributed by atoms with E-state index in [0.717, 1.165) is 12.0 Å². The largest absolute Gasteiger partial charge is 1.00 e. The molecule has 44 heavy (non-hydrogen) atoms. The molecule has 1 aromatic carbocycles. The van der Waals surface area contributed by atoms with Crippen LogP contribution in [-0.2, 0) is 24.2 Å². The summed E-state index contributed by atoms with van der Waals surface area (Å²) in [6.07, 6.45) is 1.44. The molecular formula is C21H27N11Na2O8S2. The number of hydrogen-bond acceptors (Lipinski definition) is 20. The van der Waals surface area contributed by atoms with Crippen LogP contribution in [0.25, 0.3) is 0 Å². The number of rotatable bonds is 19. The van der Waals surface area contributed by atoms with E-state index < -0.39 is 15.9 Å². The molecule has 0 aliphatic rings. The molecule has 0 atom stereocenters. The Morgan fingerprint density at radius 2 is 1.59 bits per heavy atom. The summed E-state index contributed by atoms with van der Waals surface area (Å²) in [6.45, 7) is 2.13. The van der Waals surface area contributed by atoms with Gasteiger partial charge in [0.05, 0.1) is 41.4 Å². The molecule has 23 heteroatoms. The van der Waals surface area contributed by atoms with Gasteiger partial charge >= 0.3 is 59.1 Å². The van der Waals surface area contributed by atoms with Gasteiger partial charge in [0, 0.05) is 42.7 Å². The zero-order chi connectivity index (χ0) is 30.2. The van der Waals surface area contributed by atoms with Gasteiger partial charge in [0.15, 0.2) is 0 Å². The summed E-state index contributed by atoms with van der Waals surface area (Å²) in [5.74, 6) is 0.658. The Kier molecular flexibility index (Phi) is 19.9. The molecule has 0 spiro atoms. The van der Waals surface area contributed by atoms with Gasteiger partial charge in [0.25, 0.3) is 5.95 Å². The molecule has 2 aromatic heterocycles. The van der Waals surface area contributed by atoms with Crippen molar-refractivity contribution in [3.8, 4) is 0 Å². The predicted octanol–water partition coefficient (Wildman–Crippen LogP) is -6.19. The minimum absolute atomic E-state index is 0. The van der Waals surface area contributed by atoms with Gasteiger partial charge in [-0.1, -0.05) is 6.07 Å². The van der Waals surface area contributed by atoms with Crippen LogP contribution in [0, 0.1) is 6.92 Å². The first-order chi connectivity index (χ1) is 20.2. The van der Waals surface area contributed by atoms with Crippen LogP contribution in [-0.4, -0.2) is 98.6 Å². The third-order valence-corrected chi connectivity index (χ3v) is 5.71. The van der Waals surface area contributed by atoms with E-state index in [1.165, 1.54) is 6.21 Å². The van der Waals surface area contributed by atoms with Crippen LogP contribution in [0.15, 0.2) is 29.3 Å². The summed E-state index contributed by atoms with van der Waals surface area (Å²) in [5.41, 5.74) is 1.17. The molecule has 5 N–H and O–H groups in total. The molecule has 0 bridgehead atoms. The van der Waals surface area contributed by atoms with Crippen molar-refractivity contribution in [2.75, 3.05) is 65.7 Å². The fourth-order valence-corrected chi connectivity index (χ4v) is 3.57. The molecule has 0 unspecified atom stereocenters. The molecule has 0 aliphatic heterocycles. The first-order valence-corrected chi connectivity index (χ1v) is 14.6. The normalized spacial score (nSPS) is 11.0. The number of nitrogens with one attached hydrogen (secondary N) is 4. The first-order valence-electron chi connectivity index (χ1n) is 12.1. The molecular weight excluding hydrogens is 644 g/mol. The maximum absolute atomic E-state index is 11.0. The second-order valence-corrected chi connectivity index (χ2v) is 10.1. The average molecular weight is 672 g/mol. The van der Waals surface area contributed by atoms with Gasteiger partial charge in [-0.25, -0.2) is 13.4 Å². The number of aliphatic hydroxyl groups excluding tert-OH is 1. The summed E-state index contributed by atoms with van der Waals surface area (Å²) >= 11 is 0.748. The number of aliphatic imine (C=N–C) groups is 1. The Hall–Kier alpha value is -1.83. The predicted molar refractivity (Wildman–Crippen MR) is 150 cm³/mol. The summed E-state index contributed by atoms with van der Waals surface area (Å²) in [7, 11) is -4.43. The number of benzene rings is 1. The number of ether oxygens (including phenoxy) is 1. The van der Waals surface area contributed by atoms with Crippen molar-refractivity contribution in [1.29, 1.82) is 0 Å². The fourth-order valence-electron chi connectivity index (χ4n) is 2.99. The Morgan fingerprint density at radius 1 is 0.955 bits per heavy atom. The van der Waals surface area contributed by atoms with E-state index in [1.807, 2.05) is 0 Å². The molecule has 228 valence electrons. The van der Waals surface area contributed by atoms with Crippen molar-refractivity contribution in [2.24, 2.45) is 4.99 Å². The first kappa shape index (κ1) is 40.2. The standard InChI is InChI=1S/C21H29N11O8S2.2Na/c1-14-25-17(23-6-11-41-40-39-34)30-20(26-14)27-15-3-2-4-16(13-15)28-21-31-18(22-5-9-38-10-8-33)29-19(32-21)24-7-12-42(35,36)37;;/h2-4,6,13,33-34H,5,7-12H2,1H3,(H,35,36,37)(H,25,26,27,30)(H3,22,24,28,29,31,32);;/q;2*+1/p-2/b23-6-;;. The van der Waals surface area contributed by atoms with Gasteiger partial charge in [-0.05, 0) is 25.1 Å². The number of anilines is 6. The van der Waals surface area contributed by atoms with Crippen LogP contribution in [0.3, 0.4) is 0 Å². The Labute approximate surface area is 301 Å². The topological polar surface area (TPSA) is 266 Å². The van der Waals surface area contributed by atoms with Gasteiger partial charge < -0.3 is 40.9 Å². The summed E-state index contributed by atoms with van der Waals surface area (Å²) in [6, 6.07) is 7.01. The Bertz CT molecular complexity index is 1430. The maximum Gasteiger partial charge on any atom is 1.00 e. The minimum atomic E-state index is -4.43. The summed E-state index contributed by atoms with van der Waals surface area (Å²) in [4.78, 5) is 29.5. The van der Waals surface area contributed by atoms with Gasteiger partial charge in [-0.3, -0.25) is 5.04 Å². The second kappa shape index (κ2) is 21.8. The van der Waals surface area contributed by atoms with Crippen molar-refractivity contribution in [1.82, 2.24) is 29.9 Å². The van der Waals surface area contributed by atoms with E-state index in [-0.39, 0.29) is 121 Å². The van der Waals surface area contributed by atoms with Gasteiger partial charge in [-0.2, -0.15) is 34.2 Å². The van der Waals surface area contributed by atoms with Crippen LogP contribution in [0.5, 0.6) is 0 Å². The third-order valence-electron chi connectivity index (χ3n) is 4.57. The van der Waals surface area contributed by atoms with Crippen LogP contribution in [0.4, 0.5) is 41.1 Å². The van der Waals surface area contributed by atoms with Crippen LogP contribution >= 0.6 is 12.0 Å². The van der Waals surface area contributed by atoms with Crippen molar-refractivity contribution in [3.05, 3.63) is 30.1 Å². The number of hydrogen-bond donors (Lipinski definition) is 5. The van der Waals surface area contributed by atoms with E-state index in [4.69, 9.17) is 9.84 Å². The summed E-state index contributed by atoms with van der Waals surface area (Å²) in [5, 5.41) is 33.7. The van der Waals surface area contributed by atoms with E-state index in [2.05, 4.69) is 65.5 Å². The molecule has 0 aliphatic carbocycles. The molecule has 0 amide bonds. The molecule has 0 radical (unpaired) electrons. The van der Waals surface area contributed by atoms with Crippen LogP contribution < -0.4 is 85.6 Å². The molecule has 3 rings (SSSR count). The molecule has 19 nitrogen and oxygen atoms in total. The van der Waals surface area contributed by atoms with E-state index in [9.17, 15) is 18.2 Å². The Balaban J connectivity index is 0.00000484. The molecule has 0 fully saturated rings. The zero-order valence-electron chi connectivity index (χ0n) is 24.1.